The SMILES string of the molecule is O=C(CSc1nccnc1Sc1ccccc1)N1CCCCC1. The number of benzene rings is 1. The molecule has 4 nitrogen and oxygen atoms in total. The summed E-state index contributed by atoms with van der Waals surface area (Å²) in [5.41, 5.74) is 0. The molecule has 6 heteroatoms. The van der Waals surface area contributed by atoms with Gasteiger partial charge in [-0.15, -0.1) is 0 Å². The van der Waals surface area contributed by atoms with E-state index in [4.69, 9.17) is 0 Å². The minimum absolute atomic E-state index is 0.205. The highest BCUT2D eigenvalue weighted by Gasteiger charge is 2.17. The number of hydrogen-bond donors (Lipinski definition) is 0. The quantitative estimate of drug-likeness (QED) is 0.773. The third-order valence-corrected chi connectivity index (χ3v) is 5.72. The molecule has 0 spiro atoms. The van der Waals surface area contributed by atoms with Gasteiger partial charge in [-0.05, 0) is 31.4 Å². The fourth-order valence-electron chi connectivity index (χ4n) is 2.45. The number of aromatic nitrogens is 2. The molecule has 1 fully saturated rings. The summed E-state index contributed by atoms with van der Waals surface area (Å²) in [5.74, 6) is 0.636. The molecule has 120 valence electrons. The molecule has 0 atom stereocenters. The fraction of sp³-hybridized carbons (Fsp3) is 0.353. The maximum Gasteiger partial charge on any atom is 0.232 e. The van der Waals surface area contributed by atoms with Crippen molar-refractivity contribution in [3.63, 3.8) is 0 Å². The van der Waals surface area contributed by atoms with Gasteiger partial charge in [0.15, 0.2) is 0 Å². The average molecular weight is 345 g/mol. The van der Waals surface area contributed by atoms with Crippen molar-refractivity contribution in [3.05, 3.63) is 42.7 Å². The zero-order valence-electron chi connectivity index (χ0n) is 12.9. The van der Waals surface area contributed by atoms with Crippen LogP contribution in [0.2, 0.25) is 0 Å². The molecule has 23 heavy (non-hydrogen) atoms. The summed E-state index contributed by atoms with van der Waals surface area (Å²) in [4.78, 5) is 24.2. The number of nitrogens with zero attached hydrogens (tertiary/aromatic N) is 3. The lowest BCUT2D eigenvalue weighted by atomic mass is 10.1. The Morgan fingerprint density at radius 2 is 1.70 bits per heavy atom. The molecule has 1 saturated heterocycles. The Morgan fingerprint density at radius 1 is 1.00 bits per heavy atom. The monoisotopic (exact) mass is 345 g/mol. The Morgan fingerprint density at radius 3 is 2.43 bits per heavy atom. The van der Waals surface area contributed by atoms with Gasteiger partial charge >= 0.3 is 0 Å². The van der Waals surface area contributed by atoms with Gasteiger partial charge in [-0.25, -0.2) is 9.97 Å². The summed E-state index contributed by atoms with van der Waals surface area (Å²) in [6, 6.07) is 10.1. The molecular weight excluding hydrogens is 326 g/mol. The predicted molar refractivity (Wildman–Crippen MR) is 93.8 cm³/mol. The third kappa shape index (κ3) is 4.72. The molecule has 2 heterocycles. The Bertz CT molecular complexity index is 645. The second kappa shape index (κ2) is 8.36. The Labute approximate surface area is 145 Å². The van der Waals surface area contributed by atoms with E-state index in [1.54, 1.807) is 24.2 Å². The van der Waals surface area contributed by atoms with E-state index < -0.39 is 0 Å². The van der Waals surface area contributed by atoms with E-state index in [9.17, 15) is 4.79 Å². The first-order valence-corrected chi connectivity index (χ1v) is 9.57. The maximum atomic E-state index is 12.3. The molecule has 1 aromatic heterocycles. The van der Waals surface area contributed by atoms with Crippen molar-refractivity contribution in [1.29, 1.82) is 0 Å². The van der Waals surface area contributed by atoms with Gasteiger partial charge in [0.25, 0.3) is 0 Å². The molecular formula is C17H19N3OS2. The normalized spacial score (nSPS) is 14.7. The van der Waals surface area contributed by atoms with Crippen LogP contribution < -0.4 is 0 Å². The van der Waals surface area contributed by atoms with Gasteiger partial charge in [0.2, 0.25) is 5.91 Å². The first-order valence-electron chi connectivity index (χ1n) is 7.77. The number of piperidine rings is 1. The van der Waals surface area contributed by atoms with Gasteiger partial charge in [0.1, 0.15) is 10.1 Å². The molecule has 2 aromatic rings. The topological polar surface area (TPSA) is 46.1 Å². The van der Waals surface area contributed by atoms with E-state index in [0.717, 1.165) is 40.9 Å². The van der Waals surface area contributed by atoms with Crippen LogP contribution in [-0.4, -0.2) is 39.6 Å². The second-order valence-corrected chi connectivity index (χ2v) is 7.34. The third-order valence-electron chi connectivity index (χ3n) is 3.63. The Hall–Kier alpha value is -1.53. The molecule has 0 bridgehead atoms. The van der Waals surface area contributed by atoms with Gasteiger partial charge in [-0.1, -0.05) is 41.7 Å². The molecule has 3 rings (SSSR count). The number of amides is 1. The molecule has 1 aromatic carbocycles. The molecule has 0 radical (unpaired) electrons. The van der Waals surface area contributed by atoms with Crippen LogP contribution in [0.1, 0.15) is 19.3 Å². The van der Waals surface area contributed by atoms with E-state index in [0.29, 0.717) is 5.75 Å². The summed E-state index contributed by atoms with van der Waals surface area (Å²) in [6.45, 7) is 1.79. The summed E-state index contributed by atoms with van der Waals surface area (Å²) >= 11 is 3.06. The van der Waals surface area contributed by atoms with Crippen LogP contribution in [0.5, 0.6) is 0 Å². The highest BCUT2D eigenvalue weighted by atomic mass is 32.2. The van der Waals surface area contributed by atoms with Crippen molar-refractivity contribution in [2.24, 2.45) is 0 Å². The molecule has 0 unspecified atom stereocenters. The van der Waals surface area contributed by atoms with Crippen LogP contribution in [0, 0.1) is 0 Å². The van der Waals surface area contributed by atoms with Crippen LogP contribution in [0.3, 0.4) is 0 Å². The lowest BCUT2D eigenvalue weighted by molar-refractivity contribution is -0.129. The molecule has 1 aliphatic heterocycles. The highest BCUT2D eigenvalue weighted by molar-refractivity contribution is 8.02. The van der Waals surface area contributed by atoms with Gasteiger partial charge in [0.05, 0.1) is 5.75 Å². The van der Waals surface area contributed by atoms with Gasteiger partial charge in [-0.3, -0.25) is 4.79 Å². The number of hydrogen-bond acceptors (Lipinski definition) is 5. The summed E-state index contributed by atoms with van der Waals surface area (Å²) in [5, 5.41) is 1.68. The van der Waals surface area contributed by atoms with Crippen molar-refractivity contribution in [3.8, 4) is 0 Å². The highest BCUT2D eigenvalue weighted by Crippen LogP contribution is 2.32. The van der Waals surface area contributed by atoms with Crippen LogP contribution in [0.25, 0.3) is 0 Å². The lowest BCUT2D eigenvalue weighted by Crippen LogP contribution is -2.36. The van der Waals surface area contributed by atoms with Gasteiger partial charge < -0.3 is 4.90 Å². The van der Waals surface area contributed by atoms with Crippen molar-refractivity contribution >= 4 is 29.4 Å². The first-order chi connectivity index (χ1) is 11.3. The fourth-order valence-corrected chi connectivity index (χ4v) is 4.27. The van der Waals surface area contributed by atoms with Crippen molar-refractivity contribution in [1.82, 2.24) is 14.9 Å². The average Bonchev–Trinajstić information content (AvgIpc) is 2.62. The zero-order valence-corrected chi connectivity index (χ0v) is 14.5. The number of carbonyl (C=O) groups is 1. The Kier molecular flexibility index (Phi) is 5.93. The number of carbonyl (C=O) groups excluding carboxylic acids is 1. The first kappa shape index (κ1) is 16.3. The zero-order chi connectivity index (χ0) is 15.9. The summed E-state index contributed by atoms with van der Waals surface area (Å²) < 4.78 is 0. The molecule has 1 amide bonds. The van der Waals surface area contributed by atoms with Crippen LogP contribution in [0.4, 0.5) is 0 Å². The smallest absolute Gasteiger partial charge is 0.232 e. The van der Waals surface area contributed by atoms with E-state index in [-0.39, 0.29) is 5.91 Å². The lowest BCUT2D eigenvalue weighted by Gasteiger charge is -2.26. The number of rotatable bonds is 5. The van der Waals surface area contributed by atoms with E-state index in [2.05, 4.69) is 9.97 Å². The molecule has 1 aliphatic rings. The van der Waals surface area contributed by atoms with Crippen LogP contribution in [0.15, 0.2) is 57.7 Å². The van der Waals surface area contributed by atoms with E-state index in [1.807, 2.05) is 35.2 Å². The second-order valence-electron chi connectivity index (χ2n) is 5.31. The minimum atomic E-state index is 0.205. The van der Waals surface area contributed by atoms with Gasteiger partial charge in [0, 0.05) is 30.4 Å². The number of thioether (sulfide) groups is 1. The minimum Gasteiger partial charge on any atom is -0.342 e. The number of likely N-dealkylation sites (tertiary alicyclic amines) is 1. The molecule has 0 aliphatic carbocycles. The summed E-state index contributed by atoms with van der Waals surface area (Å²) in [6.07, 6.45) is 6.86. The van der Waals surface area contributed by atoms with Crippen molar-refractivity contribution in [2.45, 2.75) is 34.2 Å². The predicted octanol–water partition coefficient (Wildman–Crippen LogP) is 3.73. The van der Waals surface area contributed by atoms with E-state index >= 15 is 0 Å². The van der Waals surface area contributed by atoms with Crippen molar-refractivity contribution in [2.75, 3.05) is 18.8 Å². The van der Waals surface area contributed by atoms with Crippen LogP contribution in [-0.2, 0) is 4.79 Å². The largest absolute Gasteiger partial charge is 0.342 e. The maximum absolute atomic E-state index is 12.3. The molecule has 0 N–H and O–H groups in total. The van der Waals surface area contributed by atoms with E-state index in [1.165, 1.54) is 18.2 Å². The van der Waals surface area contributed by atoms with Crippen molar-refractivity contribution < 1.29 is 4.79 Å². The Balaban J connectivity index is 1.62. The molecule has 0 saturated carbocycles. The summed E-state index contributed by atoms with van der Waals surface area (Å²) in [7, 11) is 0. The standard InChI is InChI=1S/C17H19N3OS2/c21-15(20-11-5-2-6-12-20)13-22-16-17(19-10-9-18-16)23-14-7-3-1-4-8-14/h1,3-4,7-10H,2,5-6,11-13H2. The van der Waals surface area contributed by atoms with Crippen LogP contribution >= 0.6 is 23.5 Å². The van der Waals surface area contributed by atoms with Gasteiger partial charge in [-0.2, -0.15) is 0 Å².